The molecule has 76 valence electrons. The molecular formula is C8H13N5O. The summed E-state index contributed by atoms with van der Waals surface area (Å²) in [6, 6.07) is 0.210. The second-order valence-corrected chi connectivity index (χ2v) is 3.39. The van der Waals surface area contributed by atoms with Crippen LogP contribution in [0.25, 0.3) is 0 Å². The van der Waals surface area contributed by atoms with Crippen molar-refractivity contribution in [2.45, 2.75) is 13.0 Å². The van der Waals surface area contributed by atoms with Crippen LogP contribution >= 0.6 is 0 Å². The van der Waals surface area contributed by atoms with Crippen molar-refractivity contribution < 1.29 is 4.79 Å². The number of carbonyl (C=O) groups excluding carboxylic acids is 1. The van der Waals surface area contributed by atoms with E-state index >= 15 is 0 Å². The van der Waals surface area contributed by atoms with E-state index in [2.05, 4.69) is 20.5 Å². The number of nitrogens with zero attached hydrogens (tertiary/aromatic N) is 3. The molecule has 0 aliphatic carbocycles. The number of aromatic nitrogens is 3. The monoisotopic (exact) mass is 195 g/mol. The average Bonchev–Trinajstić information content (AvgIpc) is 2.70. The third-order valence-electron chi connectivity index (χ3n) is 2.38. The predicted octanol–water partition coefficient (Wildman–Crippen LogP) is -0.761. The fourth-order valence-electron chi connectivity index (χ4n) is 1.59. The van der Waals surface area contributed by atoms with Crippen LogP contribution < -0.4 is 5.32 Å². The first kappa shape index (κ1) is 9.14. The van der Waals surface area contributed by atoms with Crippen LogP contribution in [0.3, 0.4) is 0 Å². The van der Waals surface area contributed by atoms with Gasteiger partial charge >= 0.3 is 0 Å². The van der Waals surface area contributed by atoms with Crippen molar-refractivity contribution >= 4 is 5.91 Å². The normalized spacial score (nSPS) is 22.4. The van der Waals surface area contributed by atoms with Crippen molar-refractivity contribution in [1.82, 2.24) is 25.4 Å². The minimum absolute atomic E-state index is 0.0727. The van der Waals surface area contributed by atoms with E-state index in [1.54, 1.807) is 4.90 Å². The molecule has 1 amide bonds. The van der Waals surface area contributed by atoms with Gasteiger partial charge in [-0.1, -0.05) is 0 Å². The summed E-state index contributed by atoms with van der Waals surface area (Å²) in [6.45, 7) is 4.41. The first-order valence-electron chi connectivity index (χ1n) is 4.66. The van der Waals surface area contributed by atoms with Crippen molar-refractivity contribution in [3.05, 3.63) is 12.2 Å². The Balaban J connectivity index is 2.10. The summed E-state index contributed by atoms with van der Waals surface area (Å²) in [5.41, 5.74) is 0. The third kappa shape index (κ3) is 1.60. The summed E-state index contributed by atoms with van der Waals surface area (Å²) in [5, 5.41) is 9.47. The Morgan fingerprint density at radius 3 is 3.21 bits per heavy atom. The van der Waals surface area contributed by atoms with Gasteiger partial charge in [0.25, 0.3) is 5.91 Å². The molecule has 6 nitrogen and oxygen atoms in total. The lowest BCUT2D eigenvalue weighted by molar-refractivity contribution is 0.0643. The number of rotatable bonds is 1. The van der Waals surface area contributed by atoms with Crippen molar-refractivity contribution in [3.8, 4) is 0 Å². The average molecular weight is 195 g/mol. The Bertz CT molecular complexity index is 310. The molecule has 14 heavy (non-hydrogen) atoms. The molecule has 0 radical (unpaired) electrons. The summed E-state index contributed by atoms with van der Waals surface area (Å²) in [5.74, 6) is 0.246. The number of aromatic amines is 1. The molecule has 6 heteroatoms. The third-order valence-corrected chi connectivity index (χ3v) is 2.38. The number of nitrogens with one attached hydrogen (secondary N) is 2. The SMILES string of the molecule is C[C@@H]1CNCCN1C(=O)c1ncn[nH]1. The van der Waals surface area contributed by atoms with Gasteiger partial charge in [-0.2, -0.15) is 5.10 Å². The molecule has 1 fully saturated rings. The first-order chi connectivity index (χ1) is 6.79. The van der Waals surface area contributed by atoms with Gasteiger partial charge in [-0.3, -0.25) is 9.89 Å². The number of H-pyrrole nitrogens is 1. The highest BCUT2D eigenvalue weighted by Gasteiger charge is 2.25. The fourth-order valence-corrected chi connectivity index (χ4v) is 1.59. The largest absolute Gasteiger partial charge is 0.331 e. The van der Waals surface area contributed by atoms with Crippen LogP contribution in [0, 0.1) is 0 Å². The van der Waals surface area contributed by atoms with E-state index in [-0.39, 0.29) is 11.9 Å². The van der Waals surface area contributed by atoms with Crippen LogP contribution in [-0.2, 0) is 0 Å². The number of piperazine rings is 1. The predicted molar refractivity (Wildman–Crippen MR) is 49.8 cm³/mol. The van der Waals surface area contributed by atoms with E-state index in [9.17, 15) is 4.79 Å². The zero-order valence-electron chi connectivity index (χ0n) is 8.03. The van der Waals surface area contributed by atoms with Crippen LogP contribution in [0.15, 0.2) is 6.33 Å². The maximum Gasteiger partial charge on any atom is 0.291 e. The smallest absolute Gasteiger partial charge is 0.291 e. The van der Waals surface area contributed by atoms with Gasteiger partial charge < -0.3 is 10.2 Å². The lowest BCUT2D eigenvalue weighted by atomic mass is 10.2. The zero-order valence-corrected chi connectivity index (χ0v) is 8.03. The van der Waals surface area contributed by atoms with Crippen LogP contribution in [0.1, 0.15) is 17.5 Å². The molecule has 1 aliphatic heterocycles. The molecular weight excluding hydrogens is 182 g/mol. The van der Waals surface area contributed by atoms with Crippen molar-refractivity contribution in [1.29, 1.82) is 0 Å². The molecule has 1 aromatic rings. The lowest BCUT2D eigenvalue weighted by Crippen LogP contribution is -2.52. The van der Waals surface area contributed by atoms with Crippen LogP contribution in [0.5, 0.6) is 0 Å². The molecule has 0 saturated carbocycles. The molecule has 1 saturated heterocycles. The van der Waals surface area contributed by atoms with Crippen LogP contribution in [0.2, 0.25) is 0 Å². The molecule has 2 N–H and O–H groups in total. The molecule has 0 bridgehead atoms. The minimum atomic E-state index is -0.0727. The molecule has 0 spiro atoms. The van der Waals surface area contributed by atoms with E-state index in [0.717, 1.165) is 19.6 Å². The summed E-state index contributed by atoms with van der Waals surface area (Å²) in [6.07, 6.45) is 1.35. The quantitative estimate of drug-likeness (QED) is 0.617. The highest BCUT2D eigenvalue weighted by molar-refractivity contribution is 5.90. The Morgan fingerprint density at radius 2 is 2.57 bits per heavy atom. The number of hydrogen-bond donors (Lipinski definition) is 2. The summed E-state index contributed by atoms with van der Waals surface area (Å²) >= 11 is 0. The Hall–Kier alpha value is -1.43. The molecule has 1 atom stereocenters. The Kier molecular flexibility index (Phi) is 2.45. The van der Waals surface area contributed by atoms with Gasteiger partial charge in [0, 0.05) is 25.7 Å². The highest BCUT2D eigenvalue weighted by atomic mass is 16.2. The van der Waals surface area contributed by atoms with Crippen molar-refractivity contribution in [2.75, 3.05) is 19.6 Å². The van der Waals surface area contributed by atoms with E-state index in [1.807, 2.05) is 6.92 Å². The topological polar surface area (TPSA) is 73.9 Å². The van der Waals surface area contributed by atoms with Gasteiger partial charge in [-0.15, -0.1) is 0 Å². The fraction of sp³-hybridized carbons (Fsp3) is 0.625. The highest BCUT2D eigenvalue weighted by Crippen LogP contribution is 2.06. The lowest BCUT2D eigenvalue weighted by Gasteiger charge is -2.33. The van der Waals surface area contributed by atoms with Gasteiger partial charge in [0.2, 0.25) is 5.82 Å². The maximum absolute atomic E-state index is 11.8. The second kappa shape index (κ2) is 3.75. The van der Waals surface area contributed by atoms with Crippen molar-refractivity contribution in [2.24, 2.45) is 0 Å². The molecule has 2 heterocycles. The molecule has 1 aliphatic rings. The van der Waals surface area contributed by atoms with Gasteiger partial charge in [0.05, 0.1) is 0 Å². The Labute approximate surface area is 81.7 Å². The van der Waals surface area contributed by atoms with Gasteiger partial charge in [0.15, 0.2) is 0 Å². The molecule has 2 rings (SSSR count). The van der Waals surface area contributed by atoms with Gasteiger partial charge in [-0.05, 0) is 6.92 Å². The Morgan fingerprint density at radius 1 is 1.71 bits per heavy atom. The summed E-state index contributed by atoms with van der Waals surface area (Å²) in [4.78, 5) is 17.5. The number of carbonyl (C=O) groups is 1. The van der Waals surface area contributed by atoms with Crippen LogP contribution in [-0.4, -0.2) is 51.7 Å². The van der Waals surface area contributed by atoms with E-state index in [0.29, 0.717) is 5.82 Å². The van der Waals surface area contributed by atoms with Gasteiger partial charge in [0.1, 0.15) is 6.33 Å². The van der Waals surface area contributed by atoms with E-state index in [4.69, 9.17) is 0 Å². The van der Waals surface area contributed by atoms with E-state index in [1.165, 1.54) is 6.33 Å². The molecule has 0 aromatic carbocycles. The zero-order chi connectivity index (χ0) is 9.97. The van der Waals surface area contributed by atoms with E-state index < -0.39 is 0 Å². The standard InChI is InChI=1S/C8H13N5O/c1-6-4-9-2-3-13(6)8(14)7-10-5-11-12-7/h5-6,9H,2-4H2,1H3,(H,10,11,12)/t6-/m1/s1. The molecule has 0 unspecified atom stereocenters. The second-order valence-electron chi connectivity index (χ2n) is 3.39. The van der Waals surface area contributed by atoms with Crippen molar-refractivity contribution in [3.63, 3.8) is 0 Å². The van der Waals surface area contributed by atoms with Crippen LogP contribution in [0.4, 0.5) is 0 Å². The first-order valence-corrected chi connectivity index (χ1v) is 4.66. The summed E-state index contributed by atoms with van der Waals surface area (Å²) in [7, 11) is 0. The molecule has 1 aromatic heterocycles. The number of amides is 1. The van der Waals surface area contributed by atoms with Gasteiger partial charge in [-0.25, -0.2) is 4.98 Å². The minimum Gasteiger partial charge on any atom is -0.331 e. The number of hydrogen-bond acceptors (Lipinski definition) is 4. The summed E-state index contributed by atoms with van der Waals surface area (Å²) < 4.78 is 0. The maximum atomic E-state index is 11.8.